The zero-order valence-electron chi connectivity index (χ0n) is 18.2. The van der Waals surface area contributed by atoms with Gasteiger partial charge in [0.05, 0.1) is 19.2 Å². The monoisotopic (exact) mass is 437 g/mol. The molecule has 164 valence electrons. The van der Waals surface area contributed by atoms with Gasteiger partial charge in [-0.05, 0) is 93.4 Å². The number of hydrogen-bond acceptors (Lipinski definition) is 4. The molecule has 5 aliphatic carbocycles. The lowest BCUT2D eigenvalue weighted by atomic mass is 9.53. The van der Waals surface area contributed by atoms with Crippen LogP contribution in [0, 0.1) is 17.8 Å². The number of ether oxygens (including phenoxy) is 1. The van der Waals surface area contributed by atoms with Crippen molar-refractivity contribution < 1.29 is 9.53 Å². The summed E-state index contributed by atoms with van der Waals surface area (Å²) in [7, 11) is 1.63. The summed E-state index contributed by atoms with van der Waals surface area (Å²) >= 11 is 1.77. The molecule has 0 unspecified atom stereocenters. The fourth-order valence-electron chi connectivity index (χ4n) is 6.71. The number of amides is 1. The molecule has 31 heavy (non-hydrogen) atoms. The maximum Gasteiger partial charge on any atom is 0.251 e. The van der Waals surface area contributed by atoms with Crippen LogP contribution in [0.25, 0.3) is 0 Å². The molecular formula is C25H31N3O2S. The third-order valence-corrected chi connectivity index (χ3v) is 8.74. The highest BCUT2D eigenvalue weighted by molar-refractivity contribution is 7.07. The molecule has 1 amide bonds. The SMILES string of the molecule is COc1ccc(C(=O)NCc2csc(=NC34CC5CC(CC(C5)C3)C4)n2C2CC2)cc1. The Balaban J connectivity index is 1.23. The summed E-state index contributed by atoms with van der Waals surface area (Å²) in [5.74, 6) is 3.44. The summed E-state index contributed by atoms with van der Waals surface area (Å²) < 4.78 is 7.63. The highest BCUT2D eigenvalue weighted by Gasteiger charge is 2.51. The Morgan fingerprint density at radius 3 is 2.35 bits per heavy atom. The molecule has 1 aromatic carbocycles. The molecular weight excluding hydrogens is 406 g/mol. The van der Waals surface area contributed by atoms with E-state index >= 15 is 0 Å². The van der Waals surface area contributed by atoms with Crippen molar-refractivity contribution in [2.24, 2.45) is 22.7 Å². The lowest BCUT2D eigenvalue weighted by Crippen LogP contribution is -2.50. The first-order valence-electron chi connectivity index (χ1n) is 11.8. The first kappa shape index (κ1) is 19.6. The van der Waals surface area contributed by atoms with Crippen molar-refractivity contribution in [2.45, 2.75) is 69.5 Å². The first-order valence-corrected chi connectivity index (χ1v) is 12.7. The summed E-state index contributed by atoms with van der Waals surface area (Å²) in [5, 5.41) is 5.33. The molecule has 0 aliphatic heterocycles. The molecule has 1 heterocycles. The number of rotatable bonds is 6. The van der Waals surface area contributed by atoms with Gasteiger partial charge in [0, 0.05) is 22.7 Å². The van der Waals surface area contributed by atoms with Crippen LogP contribution in [0.2, 0.25) is 0 Å². The number of carbonyl (C=O) groups is 1. The molecule has 0 radical (unpaired) electrons. The fraction of sp³-hybridized carbons (Fsp3) is 0.600. The van der Waals surface area contributed by atoms with Gasteiger partial charge < -0.3 is 14.6 Å². The molecule has 0 atom stereocenters. The average Bonchev–Trinajstić information content (AvgIpc) is 3.52. The molecule has 4 bridgehead atoms. The van der Waals surface area contributed by atoms with Crippen LogP contribution in [0.5, 0.6) is 5.75 Å². The summed E-state index contributed by atoms with van der Waals surface area (Å²) in [6, 6.07) is 7.83. The molecule has 5 saturated carbocycles. The van der Waals surface area contributed by atoms with Gasteiger partial charge in [-0.25, -0.2) is 0 Å². The van der Waals surface area contributed by atoms with Crippen molar-refractivity contribution in [1.82, 2.24) is 9.88 Å². The largest absolute Gasteiger partial charge is 0.497 e. The number of carbonyl (C=O) groups excluding carboxylic acids is 1. The average molecular weight is 438 g/mol. The van der Waals surface area contributed by atoms with Gasteiger partial charge in [0.15, 0.2) is 4.80 Å². The summed E-state index contributed by atoms with van der Waals surface area (Å²) in [4.78, 5) is 19.3. The van der Waals surface area contributed by atoms with Crippen LogP contribution in [0.1, 0.15) is 73.5 Å². The van der Waals surface area contributed by atoms with Crippen LogP contribution in [0.4, 0.5) is 0 Å². The second-order valence-electron chi connectivity index (χ2n) is 10.3. The van der Waals surface area contributed by atoms with Crippen molar-refractivity contribution in [1.29, 1.82) is 0 Å². The smallest absolute Gasteiger partial charge is 0.251 e. The van der Waals surface area contributed by atoms with Crippen molar-refractivity contribution in [3.63, 3.8) is 0 Å². The van der Waals surface area contributed by atoms with E-state index in [2.05, 4.69) is 15.3 Å². The molecule has 5 fully saturated rings. The quantitative estimate of drug-likeness (QED) is 0.713. The Morgan fingerprint density at radius 1 is 1.13 bits per heavy atom. The lowest BCUT2D eigenvalue weighted by molar-refractivity contribution is -0.000413. The number of methoxy groups -OCH3 is 1. The molecule has 2 aromatic rings. The maximum absolute atomic E-state index is 12.6. The van der Waals surface area contributed by atoms with Crippen LogP contribution in [-0.2, 0) is 6.54 Å². The highest BCUT2D eigenvalue weighted by atomic mass is 32.1. The minimum atomic E-state index is -0.0456. The standard InChI is InChI=1S/C25H31N3O2S/c1-30-22-6-2-19(3-7-22)23(29)26-14-21-15-31-24(28(21)20-4-5-20)27-25-11-16-8-17(12-25)10-18(9-16)13-25/h2-3,6-7,15-18,20H,4-5,8-14H2,1H3,(H,26,29). The molecule has 1 N–H and O–H groups in total. The van der Waals surface area contributed by atoms with E-state index in [0.717, 1.165) is 23.5 Å². The topological polar surface area (TPSA) is 55.6 Å². The minimum Gasteiger partial charge on any atom is -0.497 e. The fourth-order valence-corrected chi connectivity index (χ4v) is 7.77. The van der Waals surface area contributed by atoms with E-state index in [1.165, 1.54) is 61.9 Å². The Morgan fingerprint density at radius 2 is 1.77 bits per heavy atom. The molecule has 5 nitrogen and oxygen atoms in total. The predicted octanol–water partition coefficient (Wildman–Crippen LogP) is 4.69. The van der Waals surface area contributed by atoms with Gasteiger partial charge in [0.2, 0.25) is 0 Å². The Bertz CT molecular complexity index is 1010. The maximum atomic E-state index is 12.6. The van der Waals surface area contributed by atoms with Crippen LogP contribution in [0.3, 0.4) is 0 Å². The van der Waals surface area contributed by atoms with E-state index < -0.39 is 0 Å². The Kier molecular flexibility index (Phi) is 4.74. The summed E-state index contributed by atoms with van der Waals surface area (Å²) in [6.45, 7) is 0.550. The van der Waals surface area contributed by atoms with E-state index in [1.54, 1.807) is 18.4 Å². The lowest BCUT2D eigenvalue weighted by Gasteiger charge is -2.54. The second kappa shape index (κ2) is 7.51. The van der Waals surface area contributed by atoms with Gasteiger partial charge in [-0.15, -0.1) is 11.3 Å². The van der Waals surface area contributed by atoms with Gasteiger partial charge in [0.25, 0.3) is 5.91 Å². The van der Waals surface area contributed by atoms with Gasteiger partial charge in [0.1, 0.15) is 5.75 Å². The van der Waals surface area contributed by atoms with Crippen LogP contribution >= 0.6 is 11.3 Å². The summed E-state index contributed by atoms with van der Waals surface area (Å²) in [5.41, 5.74) is 2.05. The van der Waals surface area contributed by atoms with Gasteiger partial charge in [-0.1, -0.05) is 0 Å². The number of thiazole rings is 1. The molecule has 6 heteroatoms. The van der Waals surface area contributed by atoms with E-state index in [-0.39, 0.29) is 11.4 Å². The van der Waals surface area contributed by atoms with E-state index in [0.29, 0.717) is 18.2 Å². The minimum absolute atomic E-state index is 0.0456. The molecule has 0 spiro atoms. The Labute approximate surface area is 187 Å². The molecule has 0 saturated heterocycles. The van der Waals surface area contributed by atoms with Crippen LogP contribution in [0.15, 0.2) is 34.6 Å². The Hall–Kier alpha value is -2.08. The van der Waals surface area contributed by atoms with Gasteiger partial charge in [-0.2, -0.15) is 0 Å². The number of benzene rings is 1. The van der Waals surface area contributed by atoms with Crippen LogP contribution in [-0.4, -0.2) is 23.1 Å². The van der Waals surface area contributed by atoms with Crippen molar-refractivity contribution >= 4 is 17.2 Å². The predicted molar refractivity (Wildman–Crippen MR) is 121 cm³/mol. The van der Waals surface area contributed by atoms with Crippen molar-refractivity contribution in [3.8, 4) is 5.75 Å². The number of aromatic nitrogens is 1. The van der Waals surface area contributed by atoms with Crippen molar-refractivity contribution in [3.05, 3.63) is 45.7 Å². The third kappa shape index (κ3) is 3.73. The zero-order chi connectivity index (χ0) is 21.0. The third-order valence-electron chi connectivity index (χ3n) is 7.85. The van der Waals surface area contributed by atoms with Crippen molar-refractivity contribution in [2.75, 3.05) is 7.11 Å². The van der Waals surface area contributed by atoms with E-state index in [9.17, 15) is 4.79 Å². The first-order chi connectivity index (χ1) is 15.1. The van der Waals surface area contributed by atoms with Gasteiger partial charge in [-0.3, -0.25) is 9.79 Å². The number of hydrogen-bond donors (Lipinski definition) is 1. The van der Waals surface area contributed by atoms with E-state index in [1.807, 2.05) is 24.3 Å². The van der Waals surface area contributed by atoms with Crippen LogP contribution < -0.4 is 14.9 Å². The van der Waals surface area contributed by atoms with E-state index in [4.69, 9.17) is 9.73 Å². The normalized spacial score (nSPS) is 31.8. The second-order valence-corrected chi connectivity index (χ2v) is 11.1. The number of nitrogens with one attached hydrogen (secondary N) is 1. The molecule has 7 rings (SSSR count). The molecule has 5 aliphatic rings. The summed E-state index contributed by atoms with van der Waals surface area (Å²) in [6.07, 6.45) is 10.7. The van der Waals surface area contributed by atoms with Gasteiger partial charge >= 0.3 is 0 Å². The molecule has 1 aromatic heterocycles. The zero-order valence-corrected chi connectivity index (χ0v) is 19.0. The number of nitrogens with zero attached hydrogens (tertiary/aromatic N) is 2. The highest BCUT2D eigenvalue weighted by Crippen LogP contribution is 2.57.